The maximum Gasteiger partial charge on any atom is 0.261 e. The lowest BCUT2D eigenvalue weighted by atomic mass is 9.77. The lowest BCUT2D eigenvalue weighted by Crippen LogP contribution is -2.48. The summed E-state index contributed by atoms with van der Waals surface area (Å²) < 4.78 is 14.0. The molecule has 10 heteroatoms. The molecule has 1 saturated heterocycles. The number of amides is 1. The van der Waals surface area contributed by atoms with Crippen LogP contribution in [0.3, 0.4) is 0 Å². The molecule has 1 amide bonds. The van der Waals surface area contributed by atoms with E-state index in [-0.39, 0.29) is 23.9 Å². The molecule has 3 aliphatic rings. The number of aromatic nitrogens is 3. The maximum absolute atomic E-state index is 13.5. The van der Waals surface area contributed by atoms with Crippen LogP contribution in [0.4, 0.5) is 0 Å². The lowest BCUT2D eigenvalue weighted by Gasteiger charge is -2.40. The summed E-state index contributed by atoms with van der Waals surface area (Å²) in [7, 11) is 1.67. The van der Waals surface area contributed by atoms with Crippen molar-refractivity contribution in [2.24, 2.45) is 16.6 Å². The third kappa shape index (κ3) is 3.24. The molecule has 33 heavy (non-hydrogen) atoms. The molecule has 0 saturated carbocycles. The van der Waals surface area contributed by atoms with E-state index in [1.54, 1.807) is 30.9 Å². The number of hydrogen-bond donors (Lipinski definition) is 1. The van der Waals surface area contributed by atoms with Gasteiger partial charge in [-0.15, -0.1) is 0 Å². The van der Waals surface area contributed by atoms with Crippen LogP contribution < -0.4 is 10.5 Å². The minimum atomic E-state index is -1.08. The van der Waals surface area contributed by atoms with Crippen molar-refractivity contribution >= 4 is 23.2 Å². The number of nitrogens with zero attached hydrogens (tertiary/aromatic N) is 5. The van der Waals surface area contributed by atoms with Gasteiger partial charge in [0.1, 0.15) is 18.2 Å². The number of nitrogens with two attached hydrogens (primary N) is 1. The number of likely N-dealkylation sites (N-methyl/N-ethyl adjacent to an activating group) is 1. The van der Waals surface area contributed by atoms with Gasteiger partial charge < -0.3 is 15.2 Å². The van der Waals surface area contributed by atoms with Gasteiger partial charge in [0.15, 0.2) is 16.6 Å². The van der Waals surface area contributed by atoms with Crippen molar-refractivity contribution in [3.8, 4) is 21.3 Å². The molecule has 5 heterocycles. The Morgan fingerprint density at radius 2 is 2.24 bits per heavy atom. The molecule has 3 aliphatic heterocycles. The van der Waals surface area contributed by atoms with Crippen LogP contribution in [0, 0.1) is 5.92 Å². The van der Waals surface area contributed by atoms with Crippen LogP contribution in [0.2, 0.25) is 0 Å². The zero-order valence-electron chi connectivity index (χ0n) is 18.2. The van der Waals surface area contributed by atoms with Gasteiger partial charge in [0.2, 0.25) is 0 Å². The largest absolute Gasteiger partial charge is 0.490 e. The zero-order valence-corrected chi connectivity index (χ0v) is 19.0. The third-order valence-electron chi connectivity index (χ3n) is 6.73. The van der Waals surface area contributed by atoms with Crippen molar-refractivity contribution in [2.45, 2.75) is 30.9 Å². The van der Waals surface area contributed by atoms with Crippen molar-refractivity contribution in [1.82, 2.24) is 19.4 Å². The number of hydrogen-bond acceptors (Lipinski definition) is 8. The molecular formula is C23H24N6O3S. The number of aliphatic imine (C=N–C) groups is 1. The highest BCUT2D eigenvalue weighted by molar-refractivity contribution is 7.17. The second-order valence-electron chi connectivity index (χ2n) is 8.72. The predicted molar refractivity (Wildman–Crippen MR) is 123 cm³/mol. The van der Waals surface area contributed by atoms with Crippen LogP contribution in [-0.2, 0) is 15.1 Å². The summed E-state index contributed by atoms with van der Waals surface area (Å²) in [6.45, 7) is 1.41. The summed E-state index contributed by atoms with van der Waals surface area (Å²) in [5, 5.41) is 0.822. The number of carbonyl (C=O) groups excluding carboxylic acids is 1. The highest BCUT2D eigenvalue weighted by Crippen LogP contribution is 2.49. The topological polar surface area (TPSA) is 108 Å². The van der Waals surface area contributed by atoms with Gasteiger partial charge in [0.25, 0.3) is 5.91 Å². The van der Waals surface area contributed by atoms with Gasteiger partial charge in [-0.2, -0.15) is 0 Å². The van der Waals surface area contributed by atoms with Crippen molar-refractivity contribution in [1.29, 1.82) is 0 Å². The second-order valence-corrected chi connectivity index (χ2v) is 9.73. The molecule has 1 aromatic carbocycles. The summed E-state index contributed by atoms with van der Waals surface area (Å²) in [4.78, 5) is 29.3. The number of guanidine groups is 1. The van der Waals surface area contributed by atoms with E-state index in [1.807, 2.05) is 35.2 Å². The number of rotatable bonds is 3. The molecule has 2 aromatic heterocycles. The summed E-state index contributed by atoms with van der Waals surface area (Å²) in [6, 6.07) is 5.95. The van der Waals surface area contributed by atoms with Crippen molar-refractivity contribution in [3.63, 3.8) is 0 Å². The van der Waals surface area contributed by atoms with E-state index in [0.717, 1.165) is 40.6 Å². The molecule has 6 rings (SSSR count). The fraction of sp³-hybridized carbons (Fsp3) is 0.391. The number of imidazole rings is 1. The van der Waals surface area contributed by atoms with Crippen LogP contribution in [0.15, 0.2) is 48.1 Å². The lowest BCUT2D eigenvalue weighted by molar-refractivity contribution is -0.133. The zero-order chi connectivity index (χ0) is 22.6. The minimum absolute atomic E-state index is 0.119. The van der Waals surface area contributed by atoms with E-state index < -0.39 is 5.54 Å². The van der Waals surface area contributed by atoms with Crippen LogP contribution in [-0.4, -0.2) is 57.7 Å². The van der Waals surface area contributed by atoms with E-state index in [9.17, 15) is 4.79 Å². The van der Waals surface area contributed by atoms with Gasteiger partial charge in [0, 0.05) is 50.1 Å². The number of ether oxygens (including phenoxy) is 2. The Kier molecular flexibility index (Phi) is 4.73. The van der Waals surface area contributed by atoms with E-state index >= 15 is 0 Å². The first-order valence-electron chi connectivity index (χ1n) is 11.0. The van der Waals surface area contributed by atoms with Gasteiger partial charge in [-0.1, -0.05) is 11.3 Å². The molecule has 0 bridgehead atoms. The van der Waals surface area contributed by atoms with Crippen molar-refractivity contribution in [2.75, 3.05) is 20.3 Å². The van der Waals surface area contributed by atoms with Gasteiger partial charge in [-0.25, -0.2) is 15.0 Å². The Labute approximate surface area is 194 Å². The number of thiazole rings is 1. The molecule has 3 aromatic rings. The van der Waals surface area contributed by atoms with Gasteiger partial charge in [0.05, 0.1) is 11.5 Å². The van der Waals surface area contributed by atoms with Crippen LogP contribution in [0.25, 0.3) is 15.6 Å². The SMILES string of the molecule is CN1C(=O)C2(CC(C3CCCOC3)Oc3ccc(-c4cnc(-n5ccnc5)s4)cc32)N=C1N. The van der Waals surface area contributed by atoms with Crippen LogP contribution in [0.1, 0.15) is 24.8 Å². The smallest absolute Gasteiger partial charge is 0.261 e. The molecule has 0 radical (unpaired) electrons. The molecule has 0 aliphatic carbocycles. The molecule has 3 unspecified atom stereocenters. The monoisotopic (exact) mass is 464 g/mol. The first kappa shape index (κ1) is 20.4. The Bertz CT molecular complexity index is 1230. The number of fused-ring (bicyclic) bond motifs is 2. The highest BCUT2D eigenvalue weighted by Gasteiger charge is 2.54. The summed E-state index contributed by atoms with van der Waals surface area (Å²) in [5.74, 6) is 1.02. The van der Waals surface area contributed by atoms with Crippen LogP contribution in [0.5, 0.6) is 5.75 Å². The van der Waals surface area contributed by atoms with Gasteiger partial charge >= 0.3 is 0 Å². The standard InChI is InChI=1S/C23H24N6O3S/c1-28-20(30)23(27-21(28)24)10-18(15-3-2-8-31-12-15)32-17-5-4-14(9-16(17)23)19-11-26-22(33-19)29-7-6-25-13-29/h4-7,9,11,13,15,18H,2-3,8,10,12H2,1H3,(H2,24,27). The summed E-state index contributed by atoms with van der Waals surface area (Å²) in [6.07, 6.45) is 9.43. The summed E-state index contributed by atoms with van der Waals surface area (Å²) >= 11 is 1.55. The van der Waals surface area contributed by atoms with Gasteiger partial charge in [-0.05, 0) is 36.6 Å². The summed E-state index contributed by atoms with van der Waals surface area (Å²) in [5.41, 5.74) is 6.76. The van der Waals surface area contributed by atoms with E-state index in [2.05, 4.69) is 9.97 Å². The Hall–Kier alpha value is -3.24. The first-order chi connectivity index (χ1) is 16.0. The molecule has 9 nitrogen and oxygen atoms in total. The van der Waals surface area contributed by atoms with Crippen LogP contribution >= 0.6 is 11.3 Å². The van der Waals surface area contributed by atoms with E-state index in [0.29, 0.717) is 18.8 Å². The minimum Gasteiger partial charge on any atom is -0.490 e. The van der Waals surface area contributed by atoms with Gasteiger partial charge in [-0.3, -0.25) is 14.3 Å². The van der Waals surface area contributed by atoms with E-state index in [4.69, 9.17) is 20.2 Å². The molecule has 2 N–H and O–H groups in total. The van der Waals surface area contributed by atoms with Crippen molar-refractivity contribution < 1.29 is 14.3 Å². The fourth-order valence-electron chi connectivity index (χ4n) is 4.94. The fourth-order valence-corrected chi connectivity index (χ4v) is 5.80. The third-order valence-corrected chi connectivity index (χ3v) is 7.79. The first-order valence-corrected chi connectivity index (χ1v) is 11.8. The quantitative estimate of drug-likeness (QED) is 0.638. The number of carbonyl (C=O) groups is 1. The number of benzene rings is 1. The second kappa shape index (κ2) is 7.67. The Morgan fingerprint density at radius 3 is 2.97 bits per heavy atom. The van der Waals surface area contributed by atoms with E-state index in [1.165, 1.54) is 4.90 Å². The van der Waals surface area contributed by atoms with Crippen molar-refractivity contribution in [3.05, 3.63) is 48.7 Å². The Balaban J connectivity index is 1.42. The highest BCUT2D eigenvalue weighted by atomic mass is 32.1. The molecule has 1 fully saturated rings. The predicted octanol–water partition coefficient (Wildman–Crippen LogP) is 2.56. The molecule has 3 atom stereocenters. The average Bonchev–Trinajstić information content (AvgIpc) is 3.58. The normalized spacial score (nSPS) is 26.9. The molecule has 1 spiro atoms. The Morgan fingerprint density at radius 1 is 1.33 bits per heavy atom. The average molecular weight is 465 g/mol. The molecular weight excluding hydrogens is 440 g/mol. The molecule has 170 valence electrons. The maximum atomic E-state index is 13.5.